The number of aliphatic hydroxyl groups excluding tert-OH is 2. The van der Waals surface area contributed by atoms with Crippen LogP contribution in [0, 0.1) is 0 Å². The van der Waals surface area contributed by atoms with E-state index >= 15 is 0 Å². The number of ether oxygens (including phenoxy) is 2. The van der Waals surface area contributed by atoms with E-state index in [9.17, 15) is 9.59 Å². The summed E-state index contributed by atoms with van der Waals surface area (Å²) in [4.78, 5) is 42.9. The Morgan fingerprint density at radius 3 is 1.78 bits per heavy atom. The number of phosphoric acid groups is 1. The van der Waals surface area contributed by atoms with Crippen molar-refractivity contribution in [3.05, 3.63) is 12.2 Å². The number of rotatable bonds is 5. The van der Waals surface area contributed by atoms with Crippen LogP contribution in [0.15, 0.2) is 12.2 Å². The van der Waals surface area contributed by atoms with Gasteiger partial charge in [-0.3, -0.25) is 4.79 Å². The van der Waals surface area contributed by atoms with Crippen molar-refractivity contribution in [2.75, 3.05) is 13.6 Å². The number of aliphatic hydroxyl groups is 2. The van der Waals surface area contributed by atoms with E-state index in [-0.39, 0.29) is 12.0 Å². The summed E-state index contributed by atoms with van der Waals surface area (Å²) in [5.74, 6) is -1.67. The Labute approximate surface area is 101 Å². The van der Waals surface area contributed by atoms with E-state index in [2.05, 4.69) is 16.1 Å². The van der Waals surface area contributed by atoms with Gasteiger partial charge in [-0.2, -0.15) is 0 Å². The number of hydrogen-bond donors (Lipinski definition) is 5. The molecule has 0 radical (unpaired) electrons. The molecule has 0 fully saturated rings. The molecule has 0 spiro atoms. The van der Waals surface area contributed by atoms with E-state index in [4.69, 9.17) is 29.5 Å². The standard InChI is InChI=1S/C7H10O6.H3O4P/c1-5(7(11)13-4-9)2-6(10)12-3-8;1-5(2,3)4/h8-9H,1-4H2;(H3,1,2,3,4). The zero-order valence-corrected chi connectivity index (χ0v) is 9.95. The summed E-state index contributed by atoms with van der Waals surface area (Å²) >= 11 is 0. The summed E-state index contributed by atoms with van der Waals surface area (Å²) in [6.45, 7) is 1.71. The lowest BCUT2D eigenvalue weighted by molar-refractivity contribution is -0.154. The molecule has 11 heteroatoms. The van der Waals surface area contributed by atoms with E-state index in [0.29, 0.717) is 0 Å². The molecule has 0 aromatic carbocycles. The van der Waals surface area contributed by atoms with Gasteiger partial charge in [-0.15, -0.1) is 0 Å². The highest BCUT2D eigenvalue weighted by atomic mass is 31.2. The normalized spacial score (nSPS) is 9.83. The molecule has 0 atom stereocenters. The first-order chi connectivity index (χ1) is 8.11. The molecule has 0 rings (SSSR count). The van der Waals surface area contributed by atoms with Crippen LogP contribution in [0.3, 0.4) is 0 Å². The van der Waals surface area contributed by atoms with Crippen LogP contribution in [0.2, 0.25) is 0 Å². The fourth-order valence-electron chi connectivity index (χ4n) is 0.530. The molecule has 0 heterocycles. The van der Waals surface area contributed by atoms with Crippen molar-refractivity contribution in [1.29, 1.82) is 0 Å². The molecular weight excluding hydrogens is 275 g/mol. The van der Waals surface area contributed by atoms with Gasteiger partial charge in [0.15, 0.2) is 13.6 Å². The van der Waals surface area contributed by atoms with Crippen molar-refractivity contribution in [3.8, 4) is 0 Å². The summed E-state index contributed by atoms with van der Waals surface area (Å²) in [6.07, 6.45) is -0.376. The van der Waals surface area contributed by atoms with Crippen LogP contribution >= 0.6 is 7.82 Å². The SMILES string of the molecule is C=C(CC(=O)OCO)C(=O)OCO.O=P(O)(O)O. The fraction of sp³-hybridized carbons (Fsp3) is 0.429. The Kier molecular flexibility index (Phi) is 10.3. The van der Waals surface area contributed by atoms with E-state index in [0.717, 1.165) is 0 Å². The van der Waals surface area contributed by atoms with Crippen molar-refractivity contribution in [2.24, 2.45) is 0 Å². The Morgan fingerprint density at radius 2 is 1.44 bits per heavy atom. The molecule has 106 valence electrons. The van der Waals surface area contributed by atoms with Gasteiger partial charge in [0, 0.05) is 5.57 Å². The molecule has 0 aromatic rings. The van der Waals surface area contributed by atoms with Gasteiger partial charge in [0.2, 0.25) is 0 Å². The summed E-state index contributed by atoms with van der Waals surface area (Å²) in [7, 11) is -4.64. The van der Waals surface area contributed by atoms with Gasteiger partial charge in [-0.1, -0.05) is 6.58 Å². The van der Waals surface area contributed by atoms with Crippen LogP contribution in [0.25, 0.3) is 0 Å². The van der Waals surface area contributed by atoms with Gasteiger partial charge in [0.1, 0.15) is 0 Å². The van der Waals surface area contributed by atoms with Crippen molar-refractivity contribution >= 4 is 19.8 Å². The molecule has 0 unspecified atom stereocenters. The lowest BCUT2D eigenvalue weighted by atomic mass is 10.2. The Bertz CT molecular complexity index is 323. The largest absolute Gasteiger partial charge is 0.466 e. The number of carbonyl (C=O) groups is 2. The van der Waals surface area contributed by atoms with Gasteiger partial charge in [0.25, 0.3) is 0 Å². The van der Waals surface area contributed by atoms with Crippen LogP contribution in [-0.2, 0) is 23.6 Å². The molecule has 0 bridgehead atoms. The molecule has 0 aliphatic heterocycles. The highest BCUT2D eigenvalue weighted by molar-refractivity contribution is 7.45. The third kappa shape index (κ3) is 17.1. The maximum Gasteiger partial charge on any atom is 0.466 e. The topological polar surface area (TPSA) is 171 Å². The molecular formula is C7H13O10P. The highest BCUT2D eigenvalue weighted by Gasteiger charge is 2.13. The minimum atomic E-state index is -4.64. The molecule has 0 amide bonds. The molecule has 0 aliphatic carbocycles. The molecule has 0 aromatic heterocycles. The third-order valence-electron chi connectivity index (χ3n) is 1.07. The van der Waals surface area contributed by atoms with Crippen molar-refractivity contribution in [3.63, 3.8) is 0 Å². The molecule has 18 heavy (non-hydrogen) atoms. The van der Waals surface area contributed by atoms with Crippen LogP contribution in [0.1, 0.15) is 6.42 Å². The van der Waals surface area contributed by atoms with Gasteiger partial charge >= 0.3 is 19.8 Å². The van der Waals surface area contributed by atoms with Crippen LogP contribution in [-0.4, -0.2) is 50.4 Å². The molecule has 0 aliphatic rings. The molecule has 0 saturated heterocycles. The first-order valence-electron chi connectivity index (χ1n) is 4.12. The van der Waals surface area contributed by atoms with Crippen molar-refractivity contribution in [1.82, 2.24) is 0 Å². The van der Waals surface area contributed by atoms with Crippen LogP contribution in [0.4, 0.5) is 0 Å². The van der Waals surface area contributed by atoms with Gasteiger partial charge in [0.05, 0.1) is 6.42 Å². The van der Waals surface area contributed by atoms with E-state index in [1.165, 1.54) is 0 Å². The van der Waals surface area contributed by atoms with Crippen molar-refractivity contribution in [2.45, 2.75) is 6.42 Å². The zero-order valence-electron chi connectivity index (χ0n) is 9.05. The Hall–Kier alpha value is -1.29. The second-order valence-corrected chi connectivity index (χ2v) is 3.53. The predicted molar refractivity (Wildman–Crippen MR) is 54.4 cm³/mol. The smallest absolute Gasteiger partial charge is 0.438 e. The van der Waals surface area contributed by atoms with Gasteiger partial charge in [-0.25, -0.2) is 9.36 Å². The quantitative estimate of drug-likeness (QED) is 0.165. The van der Waals surface area contributed by atoms with E-state index < -0.39 is 33.3 Å². The first kappa shape index (κ1) is 19.1. The van der Waals surface area contributed by atoms with Gasteiger partial charge in [-0.05, 0) is 0 Å². The highest BCUT2D eigenvalue weighted by Crippen LogP contribution is 2.25. The first-order valence-corrected chi connectivity index (χ1v) is 5.68. The van der Waals surface area contributed by atoms with Crippen LogP contribution in [0.5, 0.6) is 0 Å². The lowest BCUT2D eigenvalue weighted by Gasteiger charge is -2.03. The molecule has 0 saturated carbocycles. The number of hydrogen-bond acceptors (Lipinski definition) is 7. The minimum Gasteiger partial charge on any atom is -0.438 e. The van der Waals surface area contributed by atoms with Gasteiger partial charge < -0.3 is 34.4 Å². The summed E-state index contributed by atoms with van der Waals surface area (Å²) in [5.41, 5.74) is -0.146. The van der Waals surface area contributed by atoms with Crippen LogP contribution < -0.4 is 0 Å². The number of esters is 2. The predicted octanol–water partition coefficient (Wildman–Crippen LogP) is -2.01. The maximum atomic E-state index is 10.7. The fourth-order valence-corrected chi connectivity index (χ4v) is 0.530. The molecule has 5 N–H and O–H groups in total. The summed E-state index contributed by atoms with van der Waals surface area (Å²) < 4.78 is 17.1. The maximum absolute atomic E-state index is 10.7. The second kappa shape index (κ2) is 9.71. The monoisotopic (exact) mass is 288 g/mol. The third-order valence-corrected chi connectivity index (χ3v) is 1.07. The Balaban J connectivity index is 0. The zero-order chi connectivity index (χ0) is 14.8. The minimum absolute atomic E-state index is 0.146. The second-order valence-electron chi connectivity index (χ2n) is 2.50. The van der Waals surface area contributed by atoms with E-state index in [1.54, 1.807) is 0 Å². The average molecular weight is 288 g/mol. The summed E-state index contributed by atoms with van der Waals surface area (Å²) in [6, 6.07) is 0. The van der Waals surface area contributed by atoms with Crippen molar-refractivity contribution < 1.29 is 48.5 Å². The number of carbonyl (C=O) groups excluding carboxylic acids is 2. The summed E-state index contributed by atoms with van der Waals surface area (Å²) in [5, 5.41) is 16.3. The average Bonchev–Trinajstić information content (AvgIpc) is 2.15. The Morgan fingerprint density at radius 1 is 1.06 bits per heavy atom. The lowest BCUT2D eigenvalue weighted by Crippen LogP contribution is -2.13. The van der Waals surface area contributed by atoms with E-state index in [1.807, 2.05) is 0 Å². The molecule has 10 nitrogen and oxygen atoms in total.